The molecule has 6 nitrogen and oxygen atoms in total. The minimum Gasteiger partial charge on any atom is -0.507 e. The van der Waals surface area contributed by atoms with Crippen LogP contribution in [0.1, 0.15) is 18.7 Å². The lowest BCUT2D eigenvalue weighted by molar-refractivity contribution is 0.477. The van der Waals surface area contributed by atoms with E-state index < -0.39 is 0 Å². The molecule has 0 saturated heterocycles. The van der Waals surface area contributed by atoms with Crippen LogP contribution in [0.3, 0.4) is 0 Å². The average molecular weight is 293 g/mol. The van der Waals surface area contributed by atoms with E-state index in [0.29, 0.717) is 11.4 Å². The van der Waals surface area contributed by atoms with Crippen LogP contribution in [0.4, 0.5) is 0 Å². The van der Waals surface area contributed by atoms with Gasteiger partial charge in [0.05, 0.1) is 23.6 Å². The zero-order valence-corrected chi connectivity index (χ0v) is 12.3. The molecule has 0 bridgehead atoms. The molecule has 1 aliphatic rings. The molecule has 1 atom stereocenters. The van der Waals surface area contributed by atoms with Gasteiger partial charge in [0, 0.05) is 19.4 Å². The number of phenols is 1. The summed E-state index contributed by atoms with van der Waals surface area (Å²) < 4.78 is 3.87. The van der Waals surface area contributed by atoms with Crippen molar-refractivity contribution in [2.75, 3.05) is 0 Å². The van der Waals surface area contributed by atoms with Crippen LogP contribution in [0.5, 0.6) is 5.75 Å². The highest BCUT2D eigenvalue weighted by Crippen LogP contribution is 2.37. The fourth-order valence-electron chi connectivity index (χ4n) is 2.81. The summed E-state index contributed by atoms with van der Waals surface area (Å²) in [6, 6.07) is 7.20. The zero-order chi connectivity index (χ0) is 15.3. The highest BCUT2D eigenvalue weighted by atomic mass is 16.3. The maximum atomic E-state index is 10.1. The Balaban J connectivity index is 1.99. The maximum absolute atomic E-state index is 10.1. The van der Waals surface area contributed by atoms with E-state index in [1.54, 1.807) is 24.7 Å². The molecule has 2 aromatic heterocycles. The largest absolute Gasteiger partial charge is 0.507 e. The molecule has 0 radical (unpaired) electrons. The van der Waals surface area contributed by atoms with E-state index in [2.05, 4.69) is 9.98 Å². The number of benzene rings is 1. The van der Waals surface area contributed by atoms with Crippen molar-refractivity contribution in [3.05, 3.63) is 42.4 Å². The maximum Gasteiger partial charge on any atom is 0.160 e. The number of rotatable bonds is 2. The molecular weight excluding hydrogens is 278 g/mol. The predicted molar refractivity (Wildman–Crippen MR) is 83.8 cm³/mol. The normalized spacial score (nSPS) is 16.2. The van der Waals surface area contributed by atoms with Gasteiger partial charge in [0.2, 0.25) is 0 Å². The minimum atomic E-state index is 0.0128. The summed E-state index contributed by atoms with van der Waals surface area (Å²) in [5.74, 6) is 1.68. The van der Waals surface area contributed by atoms with Gasteiger partial charge in [-0.05, 0) is 19.1 Å². The Morgan fingerprint density at radius 2 is 2.00 bits per heavy atom. The van der Waals surface area contributed by atoms with Crippen molar-refractivity contribution < 1.29 is 5.11 Å². The van der Waals surface area contributed by atoms with E-state index in [0.717, 1.165) is 17.2 Å². The quantitative estimate of drug-likeness (QED) is 0.789. The van der Waals surface area contributed by atoms with Crippen LogP contribution >= 0.6 is 0 Å². The lowest BCUT2D eigenvalue weighted by atomic mass is 10.2. The predicted octanol–water partition coefficient (Wildman–Crippen LogP) is 2.61. The van der Waals surface area contributed by atoms with Gasteiger partial charge in [0.15, 0.2) is 5.82 Å². The molecule has 4 rings (SSSR count). The molecule has 0 saturated carbocycles. The van der Waals surface area contributed by atoms with Crippen LogP contribution in [0.25, 0.3) is 22.9 Å². The number of fused-ring (bicyclic) bond motifs is 1. The van der Waals surface area contributed by atoms with E-state index in [4.69, 9.17) is 4.98 Å². The molecule has 0 fully saturated rings. The van der Waals surface area contributed by atoms with Crippen molar-refractivity contribution in [1.82, 2.24) is 19.1 Å². The van der Waals surface area contributed by atoms with Crippen LogP contribution < -0.4 is 0 Å². The molecule has 0 amide bonds. The number of phenolic OH excluding ortho intramolecular Hbond substituents is 1. The van der Waals surface area contributed by atoms with E-state index in [1.165, 1.54) is 0 Å². The second kappa shape index (κ2) is 4.56. The molecule has 22 heavy (non-hydrogen) atoms. The lowest BCUT2D eigenvalue weighted by Crippen LogP contribution is -1.99. The number of para-hydroxylation sites is 1. The third-order valence-corrected chi connectivity index (χ3v) is 3.93. The Morgan fingerprint density at radius 1 is 1.18 bits per heavy atom. The Morgan fingerprint density at radius 3 is 2.73 bits per heavy atom. The van der Waals surface area contributed by atoms with Gasteiger partial charge < -0.3 is 9.67 Å². The summed E-state index contributed by atoms with van der Waals surface area (Å²) in [5.41, 5.74) is 2.48. The van der Waals surface area contributed by atoms with Crippen molar-refractivity contribution >= 4 is 6.34 Å². The SMILES string of the molecule is CC1N=Cn2c(-c3ccccc3O)nc(-c3nccn3C)c21. The number of aromatic hydroxyl groups is 1. The van der Waals surface area contributed by atoms with E-state index >= 15 is 0 Å². The monoisotopic (exact) mass is 293 g/mol. The Bertz CT molecular complexity index is 890. The Kier molecular flexibility index (Phi) is 2.66. The third kappa shape index (κ3) is 1.70. The molecule has 1 aliphatic heterocycles. The smallest absolute Gasteiger partial charge is 0.160 e. The highest BCUT2D eigenvalue weighted by molar-refractivity contribution is 5.80. The van der Waals surface area contributed by atoms with Crippen LogP contribution in [0.2, 0.25) is 0 Å². The van der Waals surface area contributed by atoms with E-state index in [1.807, 2.05) is 41.4 Å². The summed E-state index contributed by atoms with van der Waals surface area (Å²) in [5, 5.41) is 10.1. The molecule has 3 heterocycles. The average Bonchev–Trinajstić information content (AvgIpc) is 3.17. The summed E-state index contributed by atoms with van der Waals surface area (Å²) >= 11 is 0. The van der Waals surface area contributed by atoms with Gasteiger partial charge in [-0.1, -0.05) is 12.1 Å². The fraction of sp³-hybridized carbons (Fsp3) is 0.188. The lowest BCUT2D eigenvalue weighted by Gasteiger charge is -2.04. The number of aliphatic imine (C=N–C) groups is 1. The Labute approximate surface area is 127 Å². The van der Waals surface area contributed by atoms with Crippen LogP contribution in [0.15, 0.2) is 41.7 Å². The van der Waals surface area contributed by atoms with Crippen molar-refractivity contribution in [2.24, 2.45) is 12.0 Å². The molecule has 1 aromatic carbocycles. The minimum absolute atomic E-state index is 0.0128. The number of hydrogen-bond donors (Lipinski definition) is 1. The molecule has 6 heteroatoms. The molecule has 110 valence electrons. The molecule has 1 N–H and O–H groups in total. The molecule has 3 aromatic rings. The topological polar surface area (TPSA) is 68.2 Å². The van der Waals surface area contributed by atoms with Crippen molar-refractivity contribution in [1.29, 1.82) is 0 Å². The van der Waals surface area contributed by atoms with Crippen molar-refractivity contribution in [3.63, 3.8) is 0 Å². The molecule has 0 aliphatic carbocycles. The molecule has 0 spiro atoms. The molecule has 1 unspecified atom stereocenters. The zero-order valence-electron chi connectivity index (χ0n) is 12.3. The Hall–Kier alpha value is -2.89. The third-order valence-electron chi connectivity index (χ3n) is 3.93. The first kappa shape index (κ1) is 12.8. The van der Waals surface area contributed by atoms with Gasteiger partial charge in [-0.3, -0.25) is 9.56 Å². The first-order valence-corrected chi connectivity index (χ1v) is 7.08. The standard InChI is InChI=1S/C16H15N5O/c1-10-14-13(16-17-7-8-20(16)2)19-15(21(14)9-18-10)11-5-3-4-6-12(11)22/h3-10,22H,1-2H3. The van der Waals surface area contributed by atoms with Gasteiger partial charge >= 0.3 is 0 Å². The van der Waals surface area contributed by atoms with Gasteiger partial charge in [-0.25, -0.2) is 9.97 Å². The summed E-state index contributed by atoms with van der Waals surface area (Å²) in [7, 11) is 1.94. The number of nitrogens with zero attached hydrogens (tertiary/aromatic N) is 5. The highest BCUT2D eigenvalue weighted by Gasteiger charge is 2.28. The van der Waals surface area contributed by atoms with Crippen LogP contribution in [-0.2, 0) is 7.05 Å². The van der Waals surface area contributed by atoms with E-state index in [-0.39, 0.29) is 11.8 Å². The van der Waals surface area contributed by atoms with Crippen LogP contribution in [-0.4, -0.2) is 30.5 Å². The second-order valence-corrected chi connectivity index (χ2v) is 5.36. The van der Waals surface area contributed by atoms with Gasteiger partial charge in [-0.2, -0.15) is 0 Å². The number of aromatic nitrogens is 4. The first-order valence-electron chi connectivity index (χ1n) is 7.08. The summed E-state index contributed by atoms with van der Waals surface area (Å²) in [6.07, 6.45) is 5.41. The number of aryl methyl sites for hydroxylation is 1. The fourth-order valence-corrected chi connectivity index (χ4v) is 2.81. The molecular formula is C16H15N5O. The van der Waals surface area contributed by atoms with Gasteiger partial charge in [0.1, 0.15) is 17.3 Å². The second-order valence-electron chi connectivity index (χ2n) is 5.36. The van der Waals surface area contributed by atoms with Crippen LogP contribution in [0, 0.1) is 0 Å². The van der Waals surface area contributed by atoms with Crippen molar-refractivity contribution in [3.8, 4) is 28.7 Å². The number of imidazole rings is 2. The summed E-state index contributed by atoms with van der Waals surface area (Å²) in [6.45, 7) is 2.03. The first-order chi connectivity index (χ1) is 10.7. The van der Waals surface area contributed by atoms with Crippen molar-refractivity contribution in [2.45, 2.75) is 13.0 Å². The van der Waals surface area contributed by atoms with Gasteiger partial charge in [-0.15, -0.1) is 0 Å². The van der Waals surface area contributed by atoms with E-state index in [9.17, 15) is 5.11 Å². The van der Waals surface area contributed by atoms with Gasteiger partial charge in [0.25, 0.3) is 0 Å². The number of hydrogen-bond acceptors (Lipinski definition) is 4. The summed E-state index contributed by atoms with van der Waals surface area (Å²) in [4.78, 5) is 13.6.